The second-order valence-corrected chi connectivity index (χ2v) is 6.61. The van der Waals surface area contributed by atoms with Crippen molar-refractivity contribution in [2.24, 2.45) is 17.6 Å². The molecule has 0 bridgehead atoms. The molecular weight excluding hydrogens is 212 g/mol. The average Bonchev–Trinajstić information content (AvgIpc) is 2.14. The van der Waals surface area contributed by atoms with Crippen molar-refractivity contribution in [3.8, 4) is 0 Å². The molecule has 2 unspecified atom stereocenters. The molecule has 17 heavy (non-hydrogen) atoms. The van der Waals surface area contributed by atoms with Crippen LogP contribution >= 0.6 is 0 Å². The van der Waals surface area contributed by atoms with Crippen LogP contribution in [-0.2, 0) is 0 Å². The van der Waals surface area contributed by atoms with E-state index >= 15 is 0 Å². The summed E-state index contributed by atoms with van der Waals surface area (Å²) >= 11 is 0. The molecule has 0 saturated heterocycles. The van der Waals surface area contributed by atoms with Crippen molar-refractivity contribution in [3.05, 3.63) is 0 Å². The lowest BCUT2D eigenvalue weighted by Crippen LogP contribution is -2.48. The number of aliphatic hydroxyl groups excluding tert-OH is 1. The van der Waals surface area contributed by atoms with E-state index in [2.05, 4.69) is 39.5 Å². The maximum Gasteiger partial charge on any atom is 0.0609 e. The van der Waals surface area contributed by atoms with Gasteiger partial charge in [-0.25, -0.2) is 0 Å². The lowest BCUT2D eigenvalue weighted by atomic mass is 9.94. The highest BCUT2D eigenvalue weighted by atomic mass is 16.3. The third-order valence-corrected chi connectivity index (χ3v) is 2.95. The summed E-state index contributed by atoms with van der Waals surface area (Å²) in [6.45, 7) is 15.4. The first kappa shape index (κ1) is 16.9. The van der Waals surface area contributed by atoms with E-state index in [1.807, 2.05) is 6.92 Å². The van der Waals surface area contributed by atoms with Crippen LogP contribution in [-0.4, -0.2) is 41.3 Å². The monoisotopic (exact) mass is 244 g/mol. The summed E-state index contributed by atoms with van der Waals surface area (Å²) in [6.07, 6.45) is 0.836. The first-order chi connectivity index (χ1) is 7.68. The van der Waals surface area contributed by atoms with Crippen molar-refractivity contribution in [3.63, 3.8) is 0 Å². The fourth-order valence-electron chi connectivity index (χ4n) is 2.24. The molecule has 0 aliphatic rings. The van der Waals surface area contributed by atoms with Gasteiger partial charge in [0, 0.05) is 24.7 Å². The van der Waals surface area contributed by atoms with Gasteiger partial charge in [0.2, 0.25) is 0 Å². The molecule has 0 saturated carbocycles. The van der Waals surface area contributed by atoms with Crippen molar-refractivity contribution >= 4 is 0 Å². The van der Waals surface area contributed by atoms with Crippen molar-refractivity contribution in [2.45, 2.75) is 59.5 Å². The molecule has 3 heteroatoms. The van der Waals surface area contributed by atoms with Crippen LogP contribution in [0.3, 0.4) is 0 Å². The maximum absolute atomic E-state index is 9.24. The van der Waals surface area contributed by atoms with Gasteiger partial charge < -0.3 is 15.7 Å². The Morgan fingerprint density at radius 1 is 1.06 bits per heavy atom. The second-order valence-electron chi connectivity index (χ2n) is 6.61. The third kappa shape index (κ3) is 7.74. The van der Waals surface area contributed by atoms with Crippen LogP contribution in [0.15, 0.2) is 0 Å². The molecule has 0 aliphatic carbocycles. The molecular formula is C14H32N2O. The Morgan fingerprint density at radius 3 is 1.76 bits per heavy atom. The van der Waals surface area contributed by atoms with Crippen LogP contribution in [0.4, 0.5) is 0 Å². The van der Waals surface area contributed by atoms with Crippen LogP contribution in [0.1, 0.15) is 48.0 Å². The standard InChI is InChI=1S/C14H32N2O/c1-11(2)8-16(9-12(3)4)13(5)7-14(6,15)10-17/h11-13,17H,7-10,15H2,1-6H3. The minimum absolute atomic E-state index is 0.0501. The highest BCUT2D eigenvalue weighted by molar-refractivity contribution is 4.84. The summed E-state index contributed by atoms with van der Waals surface area (Å²) in [7, 11) is 0. The SMILES string of the molecule is CC(C)CN(CC(C)C)C(C)CC(C)(N)CO. The Bertz CT molecular complexity index is 192. The van der Waals surface area contributed by atoms with Crippen molar-refractivity contribution in [2.75, 3.05) is 19.7 Å². The third-order valence-electron chi connectivity index (χ3n) is 2.95. The van der Waals surface area contributed by atoms with Gasteiger partial charge in [-0.2, -0.15) is 0 Å². The van der Waals surface area contributed by atoms with Gasteiger partial charge in [0.05, 0.1) is 6.61 Å². The largest absolute Gasteiger partial charge is 0.394 e. The lowest BCUT2D eigenvalue weighted by molar-refractivity contribution is 0.117. The van der Waals surface area contributed by atoms with Gasteiger partial charge in [0.25, 0.3) is 0 Å². The van der Waals surface area contributed by atoms with Crippen molar-refractivity contribution in [1.82, 2.24) is 4.90 Å². The minimum Gasteiger partial charge on any atom is -0.394 e. The molecule has 2 atom stereocenters. The number of hydrogen-bond acceptors (Lipinski definition) is 3. The molecule has 0 aliphatic heterocycles. The molecule has 0 fully saturated rings. The zero-order valence-electron chi connectivity index (χ0n) is 12.5. The van der Waals surface area contributed by atoms with Crippen LogP contribution in [0.25, 0.3) is 0 Å². The van der Waals surface area contributed by atoms with Crippen molar-refractivity contribution < 1.29 is 5.11 Å². The fourth-order valence-corrected chi connectivity index (χ4v) is 2.24. The van der Waals surface area contributed by atoms with Crippen molar-refractivity contribution in [1.29, 1.82) is 0 Å². The zero-order valence-corrected chi connectivity index (χ0v) is 12.5. The van der Waals surface area contributed by atoms with E-state index in [4.69, 9.17) is 5.73 Å². The molecule has 3 N–H and O–H groups in total. The Morgan fingerprint density at radius 2 is 1.47 bits per heavy atom. The zero-order chi connectivity index (χ0) is 13.6. The highest BCUT2D eigenvalue weighted by Crippen LogP contribution is 2.16. The molecule has 0 amide bonds. The molecule has 0 spiro atoms. The highest BCUT2D eigenvalue weighted by Gasteiger charge is 2.25. The molecule has 3 nitrogen and oxygen atoms in total. The minimum atomic E-state index is -0.467. The number of nitrogens with two attached hydrogens (primary N) is 1. The van der Waals surface area contributed by atoms with E-state index < -0.39 is 5.54 Å². The molecule has 104 valence electrons. The average molecular weight is 244 g/mol. The van der Waals surface area contributed by atoms with E-state index in [-0.39, 0.29) is 6.61 Å². The molecule has 0 aromatic carbocycles. The Hall–Kier alpha value is -0.120. The van der Waals surface area contributed by atoms with Gasteiger partial charge in [-0.05, 0) is 32.1 Å². The summed E-state index contributed by atoms with van der Waals surface area (Å²) in [4.78, 5) is 2.50. The van der Waals surface area contributed by atoms with Gasteiger partial charge >= 0.3 is 0 Å². The van der Waals surface area contributed by atoms with Crippen LogP contribution < -0.4 is 5.73 Å². The summed E-state index contributed by atoms with van der Waals surface area (Å²) < 4.78 is 0. The lowest BCUT2D eigenvalue weighted by Gasteiger charge is -2.36. The maximum atomic E-state index is 9.24. The van der Waals surface area contributed by atoms with Crippen LogP contribution in [0, 0.1) is 11.8 Å². The van der Waals surface area contributed by atoms with E-state index in [1.54, 1.807) is 0 Å². The normalized spacial score (nSPS) is 17.8. The fraction of sp³-hybridized carbons (Fsp3) is 1.00. The van der Waals surface area contributed by atoms with E-state index in [9.17, 15) is 5.11 Å². The first-order valence-corrected chi connectivity index (χ1v) is 6.81. The predicted molar refractivity (Wildman–Crippen MR) is 75.0 cm³/mol. The number of rotatable bonds is 8. The van der Waals surface area contributed by atoms with Crippen LogP contribution in [0.2, 0.25) is 0 Å². The number of hydrogen-bond donors (Lipinski definition) is 2. The van der Waals surface area contributed by atoms with Gasteiger partial charge in [0.15, 0.2) is 0 Å². The topological polar surface area (TPSA) is 49.5 Å². The van der Waals surface area contributed by atoms with Gasteiger partial charge in [-0.1, -0.05) is 27.7 Å². The quantitative estimate of drug-likeness (QED) is 0.687. The van der Waals surface area contributed by atoms with E-state index in [0.717, 1.165) is 19.5 Å². The Labute approximate surface area is 107 Å². The summed E-state index contributed by atoms with van der Waals surface area (Å²) in [5.41, 5.74) is 5.57. The van der Waals surface area contributed by atoms with Gasteiger partial charge in [-0.15, -0.1) is 0 Å². The van der Waals surface area contributed by atoms with E-state index in [0.29, 0.717) is 17.9 Å². The second kappa shape index (κ2) is 7.34. The molecule has 0 aromatic heterocycles. The van der Waals surface area contributed by atoms with Gasteiger partial charge in [-0.3, -0.25) is 0 Å². The van der Waals surface area contributed by atoms with E-state index in [1.165, 1.54) is 0 Å². The number of aliphatic hydroxyl groups is 1. The smallest absolute Gasteiger partial charge is 0.0609 e. The molecule has 0 rings (SSSR count). The Kier molecular flexibility index (Phi) is 7.29. The first-order valence-electron chi connectivity index (χ1n) is 6.81. The predicted octanol–water partition coefficient (Wildman–Crippen LogP) is 2.09. The summed E-state index contributed by atoms with van der Waals surface area (Å²) in [6, 6.07) is 0.418. The summed E-state index contributed by atoms with van der Waals surface area (Å²) in [5.74, 6) is 1.32. The molecule has 0 aromatic rings. The Balaban J connectivity index is 4.46. The van der Waals surface area contributed by atoms with Gasteiger partial charge in [0.1, 0.15) is 0 Å². The molecule has 0 radical (unpaired) electrons. The number of nitrogens with zero attached hydrogens (tertiary/aromatic N) is 1. The molecule has 0 heterocycles. The van der Waals surface area contributed by atoms with Crippen LogP contribution in [0.5, 0.6) is 0 Å². The summed E-state index contributed by atoms with van der Waals surface area (Å²) in [5, 5.41) is 9.24.